The fraction of sp³-hybridized carbons (Fsp3) is 0.231. The number of carbonyl (C=O) groups is 1. The van der Waals surface area contributed by atoms with E-state index in [4.69, 9.17) is 0 Å². The first-order valence-electron chi connectivity index (χ1n) is 5.55. The Morgan fingerprint density at radius 1 is 1.39 bits per heavy atom. The first kappa shape index (κ1) is 12.6. The molecule has 18 heavy (non-hydrogen) atoms. The molecule has 1 unspecified atom stereocenters. The van der Waals surface area contributed by atoms with Crippen molar-refractivity contribution in [2.24, 2.45) is 0 Å². The van der Waals surface area contributed by atoms with Crippen molar-refractivity contribution in [1.82, 2.24) is 4.98 Å². The summed E-state index contributed by atoms with van der Waals surface area (Å²) < 4.78 is 0. The zero-order valence-electron chi connectivity index (χ0n) is 10.2. The fourth-order valence-corrected chi connectivity index (χ4v) is 2.30. The molecule has 2 aromatic rings. The molecule has 5 heteroatoms. The Labute approximate surface area is 109 Å². The van der Waals surface area contributed by atoms with E-state index in [1.807, 2.05) is 38.1 Å². The third-order valence-electron chi connectivity index (χ3n) is 2.62. The lowest BCUT2D eigenvalue weighted by Gasteiger charge is -2.15. The molecule has 1 aromatic carbocycles. The number of benzene rings is 1. The molecule has 0 aliphatic carbocycles. The van der Waals surface area contributed by atoms with Gasteiger partial charge < -0.3 is 10.4 Å². The van der Waals surface area contributed by atoms with Gasteiger partial charge in [-0.25, -0.2) is 9.78 Å². The van der Waals surface area contributed by atoms with E-state index in [0.29, 0.717) is 5.69 Å². The molecular weight excluding hydrogens is 248 g/mol. The summed E-state index contributed by atoms with van der Waals surface area (Å²) in [6.45, 7) is 3.80. The van der Waals surface area contributed by atoms with Crippen LogP contribution in [0.15, 0.2) is 29.6 Å². The maximum Gasteiger partial charge on any atom is 0.332 e. The Hall–Kier alpha value is -1.88. The summed E-state index contributed by atoms with van der Waals surface area (Å²) in [6, 6.07) is 6.79. The summed E-state index contributed by atoms with van der Waals surface area (Å²) in [7, 11) is 0. The van der Waals surface area contributed by atoms with Gasteiger partial charge in [0.25, 0.3) is 0 Å². The number of hydrogen-bond acceptors (Lipinski definition) is 4. The van der Waals surface area contributed by atoms with Crippen LogP contribution < -0.4 is 5.32 Å². The molecule has 0 saturated heterocycles. The van der Waals surface area contributed by atoms with Gasteiger partial charge in [-0.2, -0.15) is 0 Å². The highest BCUT2D eigenvalue weighted by molar-refractivity contribution is 7.09. The largest absolute Gasteiger partial charge is 0.479 e. The summed E-state index contributed by atoms with van der Waals surface area (Å²) in [6.07, 6.45) is 0. The highest BCUT2D eigenvalue weighted by Crippen LogP contribution is 2.23. The topological polar surface area (TPSA) is 62.2 Å². The summed E-state index contributed by atoms with van der Waals surface area (Å²) in [5, 5.41) is 15.0. The van der Waals surface area contributed by atoms with Crippen LogP contribution in [0.3, 0.4) is 0 Å². The molecular formula is C13H14N2O2S. The first-order chi connectivity index (χ1) is 8.58. The lowest BCUT2D eigenvalue weighted by Crippen LogP contribution is -2.21. The van der Waals surface area contributed by atoms with Crippen molar-refractivity contribution in [3.8, 4) is 0 Å². The number of aryl methyl sites for hydroxylation is 2. The van der Waals surface area contributed by atoms with E-state index in [1.165, 1.54) is 11.3 Å². The summed E-state index contributed by atoms with van der Waals surface area (Å²) in [5.74, 6) is -0.927. The molecule has 0 saturated carbocycles. The average molecular weight is 262 g/mol. The van der Waals surface area contributed by atoms with Crippen LogP contribution in [0.25, 0.3) is 0 Å². The minimum Gasteiger partial charge on any atom is -0.479 e. The normalized spacial score (nSPS) is 12.1. The van der Waals surface area contributed by atoms with Crippen molar-refractivity contribution < 1.29 is 9.90 Å². The van der Waals surface area contributed by atoms with E-state index < -0.39 is 12.0 Å². The van der Waals surface area contributed by atoms with Crippen molar-refractivity contribution in [2.45, 2.75) is 19.9 Å². The monoisotopic (exact) mass is 262 g/mol. The van der Waals surface area contributed by atoms with Crippen molar-refractivity contribution in [3.05, 3.63) is 45.9 Å². The van der Waals surface area contributed by atoms with Gasteiger partial charge in [0.1, 0.15) is 0 Å². The standard InChI is InChI=1S/C13H14N2O2S/c1-8-5-3-4-6-10(8)15-12(13(16)17)11-7-18-9(2)14-11/h3-7,12,15H,1-2H3,(H,16,17). The number of nitrogens with one attached hydrogen (secondary N) is 1. The lowest BCUT2D eigenvalue weighted by atomic mass is 10.1. The average Bonchev–Trinajstić information content (AvgIpc) is 2.74. The van der Waals surface area contributed by atoms with Crippen molar-refractivity contribution in [3.63, 3.8) is 0 Å². The Bertz CT molecular complexity index is 566. The molecule has 1 heterocycles. The van der Waals surface area contributed by atoms with Crippen molar-refractivity contribution >= 4 is 23.0 Å². The van der Waals surface area contributed by atoms with E-state index >= 15 is 0 Å². The third-order valence-corrected chi connectivity index (χ3v) is 3.42. The van der Waals surface area contributed by atoms with E-state index in [-0.39, 0.29) is 0 Å². The van der Waals surface area contributed by atoms with Gasteiger partial charge in [0.15, 0.2) is 6.04 Å². The molecule has 94 valence electrons. The van der Waals surface area contributed by atoms with Gasteiger partial charge >= 0.3 is 5.97 Å². The van der Waals surface area contributed by atoms with Gasteiger partial charge in [-0.3, -0.25) is 0 Å². The van der Waals surface area contributed by atoms with Crippen LogP contribution in [-0.4, -0.2) is 16.1 Å². The second-order valence-corrected chi connectivity index (χ2v) is 5.08. The number of aliphatic carboxylic acids is 1. The molecule has 1 aromatic heterocycles. The molecule has 0 aliphatic heterocycles. The predicted molar refractivity (Wildman–Crippen MR) is 72.0 cm³/mol. The van der Waals surface area contributed by atoms with Crippen LogP contribution >= 0.6 is 11.3 Å². The molecule has 0 amide bonds. The number of carboxylic acid groups (broad SMARTS) is 1. The number of nitrogens with zero attached hydrogens (tertiary/aromatic N) is 1. The predicted octanol–water partition coefficient (Wildman–Crippen LogP) is 3.00. The second kappa shape index (κ2) is 5.18. The summed E-state index contributed by atoms with van der Waals surface area (Å²) >= 11 is 1.45. The Balaban J connectivity index is 2.28. The van der Waals surface area contributed by atoms with Crippen LogP contribution in [-0.2, 0) is 4.79 Å². The van der Waals surface area contributed by atoms with Gasteiger partial charge in [-0.1, -0.05) is 18.2 Å². The minimum absolute atomic E-state index is 0.549. The fourth-order valence-electron chi connectivity index (χ4n) is 1.67. The quantitative estimate of drug-likeness (QED) is 0.889. The third kappa shape index (κ3) is 2.68. The van der Waals surface area contributed by atoms with Crippen LogP contribution in [0.4, 0.5) is 5.69 Å². The number of rotatable bonds is 4. The zero-order chi connectivity index (χ0) is 13.1. The Morgan fingerprint density at radius 2 is 2.11 bits per heavy atom. The lowest BCUT2D eigenvalue weighted by molar-refractivity contribution is -0.138. The van der Waals surface area contributed by atoms with Crippen LogP contribution in [0, 0.1) is 13.8 Å². The van der Waals surface area contributed by atoms with Gasteiger partial charge in [-0.05, 0) is 25.5 Å². The summed E-state index contributed by atoms with van der Waals surface area (Å²) in [4.78, 5) is 15.6. The van der Waals surface area contributed by atoms with Crippen molar-refractivity contribution in [1.29, 1.82) is 0 Å². The van der Waals surface area contributed by atoms with Crippen LogP contribution in [0.1, 0.15) is 22.3 Å². The first-order valence-corrected chi connectivity index (χ1v) is 6.43. The minimum atomic E-state index is -0.927. The van der Waals surface area contributed by atoms with Crippen LogP contribution in [0.5, 0.6) is 0 Å². The molecule has 2 N–H and O–H groups in total. The molecule has 0 radical (unpaired) electrons. The van der Waals surface area contributed by atoms with E-state index in [0.717, 1.165) is 16.3 Å². The molecule has 0 aliphatic rings. The molecule has 0 bridgehead atoms. The van der Waals surface area contributed by atoms with E-state index in [1.54, 1.807) is 5.38 Å². The molecule has 1 atom stereocenters. The zero-order valence-corrected chi connectivity index (χ0v) is 11.0. The molecule has 0 fully saturated rings. The van der Waals surface area contributed by atoms with Gasteiger partial charge in [-0.15, -0.1) is 11.3 Å². The highest BCUT2D eigenvalue weighted by atomic mass is 32.1. The number of anilines is 1. The van der Waals surface area contributed by atoms with Gasteiger partial charge in [0.05, 0.1) is 10.7 Å². The number of para-hydroxylation sites is 1. The SMILES string of the molecule is Cc1nc(C(Nc2ccccc2C)C(=O)O)cs1. The smallest absolute Gasteiger partial charge is 0.332 e. The van der Waals surface area contributed by atoms with E-state index in [9.17, 15) is 9.90 Å². The Morgan fingerprint density at radius 3 is 2.67 bits per heavy atom. The number of hydrogen-bond donors (Lipinski definition) is 2. The van der Waals surface area contributed by atoms with Gasteiger partial charge in [0.2, 0.25) is 0 Å². The van der Waals surface area contributed by atoms with Gasteiger partial charge in [0, 0.05) is 11.1 Å². The molecule has 2 rings (SSSR count). The second-order valence-electron chi connectivity index (χ2n) is 4.02. The maximum atomic E-state index is 11.3. The number of carboxylic acids is 1. The molecule has 0 spiro atoms. The molecule has 4 nitrogen and oxygen atoms in total. The maximum absolute atomic E-state index is 11.3. The Kier molecular flexibility index (Phi) is 3.62. The van der Waals surface area contributed by atoms with E-state index in [2.05, 4.69) is 10.3 Å². The van der Waals surface area contributed by atoms with Crippen LogP contribution in [0.2, 0.25) is 0 Å². The number of thiazole rings is 1. The highest BCUT2D eigenvalue weighted by Gasteiger charge is 2.22. The van der Waals surface area contributed by atoms with Crippen molar-refractivity contribution in [2.75, 3.05) is 5.32 Å². The number of aromatic nitrogens is 1. The summed E-state index contributed by atoms with van der Waals surface area (Å²) in [5.41, 5.74) is 2.37.